The van der Waals surface area contributed by atoms with Crippen LogP contribution in [-0.2, 0) is 19.5 Å². The standard InChI is InChI=1S/C16H19IN8/c1-2-24-15-12(21-16(24)17)13(18-8-19-15)20-10-5-6-11-22-23-14(9-3-4-9)25(11)7-10/h8-10H,2-7H2,1H3,(H,18,19,20)/t10-/m1/s1. The first-order chi connectivity index (χ1) is 12.2. The van der Waals surface area contributed by atoms with Gasteiger partial charge in [-0.05, 0) is 26.2 Å². The first-order valence-corrected chi connectivity index (χ1v) is 9.87. The molecule has 1 N–H and O–H groups in total. The lowest BCUT2D eigenvalue weighted by atomic mass is 10.1. The highest BCUT2D eigenvalue weighted by molar-refractivity contribution is 14.1. The van der Waals surface area contributed by atoms with Crippen molar-refractivity contribution in [3.8, 4) is 0 Å². The van der Waals surface area contributed by atoms with Gasteiger partial charge in [-0.25, -0.2) is 15.0 Å². The summed E-state index contributed by atoms with van der Waals surface area (Å²) in [6.45, 7) is 3.85. The van der Waals surface area contributed by atoms with E-state index in [1.54, 1.807) is 6.33 Å². The Balaban J connectivity index is 1.44. The Labute approximate surface area is 158 Å². The van der Waals surface area contributed by atoms with Gasteiger partial charge >= 0.3 is 0 Å². The van der Waals surface area contributed by atoms with Gasteiger partial charge in [-0.3, -0.25) is 0 Å². The molecule has 1 fully saturated rings. The average Bonchev–Trinajstić information content (AvgIpc) is 3.28. The number of aromatic nitrogens is 7. The van der Waals surface area contributed by atoms with Gasteiger partial charge in [0.05, 0.1) is 0 Å². The predicted molar refractivity (Wildman–Crippen MR) is 101 cm³/mol. The van der Waals surface area contributed by atoms with E-state index in [4.69, 9.17) is 0 Å². The minimum absolute atomic E-state index is 0.309. The summed E-state index contributed by atoms with van der Waals surface area (Å²) >= 11 is 2.25. The summed E-state index contributed by atoms with van der Waals surface area (Å²) in [5.74, 6) is 3.73. The Hall–Kier alpha value is -1.78. The summed E-state index contributed by atoms with van der Waals surface area (Å²) in [4.78, 5) is 13.6. The molecule has 3 aromatic rings. The van der Waals surface area contributed by atoms with Crippen LogP contribution in [0.15, 0.2) is 6.33 Å². The lowest BCUT2D eigenvalue weighted by molar-refractivity contribution is 0.465. The zero-order valence-corrected chi connectivity index (χ0v) is 16.1. The second-order valence-electron chi connectivity index (χ2n) is 6.76. The van der Waals surface area contributed by atoms with Crippen molar-refractivity contribution in [2.45, 2.75) is 57.7 Å². The number of nitrogens with zero attached hydrogens (tertiary/aromatic N) is 7. The molecule has 5 rings (SSSR count). The van der Waals surface area contributed by atoms with E-state index in [1.165, 1.54) is 18.7 Å². The number of hydrogen-bond acceptors (Lipinski definition) is 6. The molecule has 8 nitrogen and oxygen atoms in total. The first kappa shape index (κ1) is 15.5. The van der Waals surface area contributed by atoms with Crippen molar-refractivity contribution >= 4 is 39.6 Å². The van der Waals surface area contributed by atoms with E-state index in [1.807, 2.05) is 0 Å². The number of rotatable bonds is 4. The molecule has 0 amide bonds. The molecule has 0 saturated heterocycles. The second kappa shape index (κ2) is 5.89. The molecule has 3 aromatic heterocycles. The van der Waals surface area contributed by atoms with Crippen LogP contribution in [-0.4, -0.2) is 40.3 Å². The Morgan fingerprint density at radius 1 is 1.24 bits per heavy atom. The molecule has 2 aliphatic rings. The fraction of sp³-hybridized carbons (Fsp3) is 0.562. The van der Waals surface area contributed by atoms with Gasteiger partial charge in [-0.2, -0.15) is 0 Å². The highest BCUT2D eigenvalue weighted by Crippen LogP contribution is 2.40. The van der Waals surface area contributed by atoms with Gasteiger partial charge in [0.15, 0.2) is 20.8 Å². The SMILES string of the molecule is CCn1c(I)nc2c(N[C@@H]3CCc4nnc(C5CC5)n4C3)ncnc21. The third kappa shape index (κ3) is 2.59. The molecule has 1 saturated carbocycles. The van der Waals surface area contributed by atoms with Crippen LogP contribution in [0.5, 0.6) is 0 Å². The van der Waals surface area contributed by atoms with Crippen molar-refractivity contribution in [3.63, 3.8) is 0 Å². The van der Waals surface area contributed by atoms with Crippen molar-refractivity contribution in [2.75, 3.05) is 5.32 Å². The van der Waals surface area contributed by atoms with Crippen LogP contribution in [0, 0.1) is 3.83 Å². The molecule has 1 atom stereocenters. The maximum Gasteiger partial charge on any atom is 0.173 e. The molecule has 1 aliphatic carbocycles. The minimum atomic E-state index is 0.309. The molecular formula is C16H19IN8. The van der Waals surface area contributed by atoms with E-state index in [0.29, 0.717) is 12.0 Å². The van der Waals surface area contributed by atoms with Gasteiger partial charge in [-0.1, -0.05) is 0 Å². The normalized spacial score (nSPS) is 20.0. The lowest BCUT2D eigenvalue weighted by Gasteiger charge is -2.25. The van der Waals surface area contributed by atoms with E-state index in [9.17, 15) is 0 Å². The second-order valence-corrected chi connectivity index (χ2v) is 7.72. The summed E-state index contributed by atoms with van der Waals surface area (Å²) in [5.41, 5.74) is 1.74. The Morgan fingerprint density at radius 2 is 2.12 bits per heavy atom. The number of anilines is 1. The molecule has 25 heavy (non-hydrogen) atoms. The van der Waals surface area contributed by atoms with Crippen LogP contribution in [0.2, 0.25) is 0 Å². The van der Waals surface area contributed by atoms with Crippen LogP contribution in [0.25, 0.3) is 11.2 Å². The third-order valence-electron chi connectivity index (χ3n) is 5.06. The molecular weight excluding hydrogens is 431 g/mol. The highest BCUT2D eigenvalue weighted by Gasteiger charge is 2.32. The quantitative estimate of drug-likeness (QED) is 0.485. The third-order valence-corrected chi connectivity index (χ3v) is 5.88. The molecule has 1 aliphatic heterocycles. The lowest BCUT2D eigenvalue weighted by Crippen LogP contribution is -2.32. The molecule has 4 heterocycles. The van der Waals surface area contributed by atoms with E-state index in [-0.39, 0.29) is 0 Å². The smallest absolute Gasteiger partial charge is 0.173 e. The van der Waals surface area contributed by atoms with Gasteiger partial charge in [-0.15, -0.1) is 10.2 Å². The van der Waals surface area contributed by atoms with E-state index >= 15 is 0 Å². The van der Waals surface area contributed by atoms with Crippen molar-refractivity contribution in [1.29, 1.82) is 0 Å². The number of imidazole rings is 1. The summed E-state index contributed by atoms with van der Waals surface area (Å²) in [7, 11) is 0. The zero-order chi connectivity index (χ0) is 17.0. The van der Waals surface area contributed by atoms with Crippen LogP contribution < -0.4 is 5.32 Å². The molecule has 0 bridgehead atoms. The van der Waals surface area contributed by atoms with Gasteiger partial charge in [0.2, 0.25) is 0 Å². The van der Waals surface area contributed by atoms with Gasteiger partial charge in [0.25, 0.3) is 0 Å². The molecule has 0 spiro atoms. The van der Waals surface area contributed by atoms with Crippen molar-refractivity contribution in [2.24, 2.45) is 0 Å². The van der Waals surface area contributed by atoms with Gasteiger partial charge < -0.3 is 14.5 Å². The Bertz CT molecular complexity index is 941. The maximum absolute atomic E-state index is 4.67. The number of hydrogen-bond donors (Lipinski definition) is 1. The molecule has 0 radical (unpaired) electrons. The zero-order valence-electron chi connectivity index (χ0n) is 14.0. The molecule has 0 aromatic carbocycles. The maximum atomic E-state index is 4.67. The fourth-order valence-corrected chi connectivity index (χ4v) is 4.41. The average molecular weight is 450 g/mol. The predicted octanol–water partition coefficient (Wildman–Crippen LogP) is 2.35. The largest absolute Gasteiger partial charge is 0.364 e. The van der Waals surface area contributed by atoms with Crippen LogP contribution in [0.4, 0.5) is 5.82 Å². The Kier molecular flexibility index (Phi) is 3.64. The van der Waals surface area contributed by atoms with E-state index < -0.39 is 0 Å². The van der Waals surface area contributed by atoms with Crippen molar-refractivity contribution in [1.82, 2.24) is 34.3 Å². The number of halogens is 1. The molecule has 9 heteroatoms. The fourth-order valence-electron chi connectivity index (χ4n) is 3.60. The first-order valence-electron chi connectivity index (χ1n) is 8.79. The van der Waals surface area contributed by atoms with Gasteiger partial charge in [0, 0.05) is 54.1 Å². The van der Waals surface area contributed by atoms with E-state index in [2.05, 4.69) is 69.1 Å². The topological polar surface area (TPSA) is 86.3 Å². The van der Waals surface area contributed by atoms with Crippen LogP contribution in [0.1, 0.15) is 43.8 Å². The summed E-state index contributed by atoms with van der Waals surface area (Å²) in [6.07, 6.45) is 6.09. The highest BCUT2D eigenvalue weighted by atomic mass is 127. The summed E-state index contributed by atoms with van der Waals surface area (Å²) in [5, 5.41) is 12.4. The molecule has 130 valence electrons. The number of fused-ring (bicyclic) bond motifs is 2. The number of nitrogens with one attached hydrogen (secondary N) is 1. The minimum Gasteiger partial charge on any atom is -0.364 e. The van der Waals surface area contributed by atoms with Crippen LogP contribution in [0.3, 0.4) is 0 Å². The monoisotopic (exact) mass is 450 g/mol. The van der Waals surface area contributed by atoms with Gasteiger partial charge in [0.1, 0.15) is 18.0 Å². The molecule has 0 unspecified atom stereocenters. The summed E-state index contributed by atoms with van der Waals surface area (Å²) < 4.78 is 5.36. The van der Waals surface area contributed by atoms with Crippen LogP contribution >= 0.6 is 22.6 Å². The van der Waals surface area contributed by atoms with Crippen molar-refractivity contribution < 1.29 is 0 Å². The Morgan fingerprint density at radius 3 is 2.92 bits per heavy atom. The summed E-state index contributed by atoms with van der Waals surface area (Å²) in [6, 6.07) is 0.309. The van der Waals surface area contributed by atoms with E-state index in [0.717, 1.165) is 52.6 Å². The number of aryl methyl sites for hydroxylation is 2. The van der Waals surface area contributed by atoms with Crippen molar-refractivity contribution in [3.05, 3.63) is 21.8 Å².